The maximum atomic E-state index is 5.47. The quantitative estimate of drug-likeness (QED) is 0.149. The fourth-order valence-corrected chi connectivity index (χ4v) is 12.3. The molecule has 0 fully saturated rings. The summed E-state index contributed by atoms with van der Waals surface area (Å²) in [4.78, 5) is 31.4. The van der Waals surface area contributed by atoms with Crippen LogP contribution >= 0.6 is 23.5 Å². The Balaban J connectivity index is 1.13. The highest BCUT2D eigenvalue weighted by Gasteiger charge is 2.31. The Morgan fingerprint density at radius 1 is 0.230 bits per heavy atom. The Morgan fingerprint density at radius 3 is 0.770 bits per heavy atom. The van der Waals surface area contributed by atoms with Crippen molar-refractivity contribution in [2.75, 3.05) is 9.80 Å². The molecule has 0 unspecified atom stereocenters. The minimum Gasteiger partial charge on any atom is -0.308 e. The third kappa shape index (κ3) is 7.88. The Hall–Kier alpha value is -9.08. The molecule has 0 saturated carbocycles. The first-order valence-electron chi connectivity index (χ1n) is 24.6. The largest absolute Gasteiger partial charge is 0.308 e. The molecule has 8 heteroatoms. The van der Waals surface area contributed by atoms with Gasteiger partial charge in [0.25, 0.3) is 0 Å². The van der Waals surface area contributed by atoms with Gasteiger partial charge in [0.15, 0.2) is 11.6 Å². The molecule has 12 aromatic rings. The third-order valence-electron chi connectivity index (χ3n) is 13.6. The molecule has 4 heterocycles. The van der Waals surface area contributed by atoms with Crippen LogP contribution in [-0.2, 0) is 0 Å². The minimum absolute atomic E-state index is 0.623. The molecule has 74 heavy (non-hydrogen) atoms. The topological polar surface area (TPSA) is 58.0 Å². The molecule has 0 saturated heterocycles. The monoisotopic (exact) mass is 982 g/mol. The van der Waals surface area contributed by atoms with Gasteiger partial charge in [0.05, 0.1) is 56.9 Å². The van der Waals surface area contributed by atoms with Crippen molar-refractivity contribution in [3.63, 3.8) is 0 Å². The van der Waals surface area contributed by atoms with E-state index in [9.17, 15) is 0 Å². The van der Waals surface area contributed by atoms with Crippen molar-refractivity contribution in [2.45, 2.75) is 19.6 Å². The van der Waals surface area contributed by atoms with Gasteiger partial charge < -0.3 is 9.80 Å². The zero-order valence-electron chi connectivity index (χ0n) is 39.7. The number of benzene rings is 10. The molecule has 0 bridgehead atoms. The van der Waals surface area contributed by atoms with Crippen molar-refractivity contribution in [3.8, 4) is 67.8 Å². The molecular formula is C66H42N6S2. The maximum absolute atomic E-state index is 5.47. The summed E-state index contributed by atoms with van der Waals surface area (Å²) in [5, 5.41) is 2.03. The fraction of sp³-hybridized carbons (Fsp3) is 0. The van der Waals surface area contributed by atoms with Gasteiger partial charge in [0.2, 0.25) is 0 Å². The average Bonchev–Trinajstić information content (AvgIpc) is 3.48. The first kappa shape index (κ1) is 43.7. The summed E-state index contributed by atoms with van der Waals surface area (Å²) in [7, 11) is 0. The van der Waals surface area contributed by atoms with Gasteiger partial charge in [-0.05, 0) is 84.9 Å². The first-order valence-corrected chi connectivity index (χ1v) is 26.2. The van der Waals surface area contributed by atoms with Gasteiger partial charge in [-0.25, -0.2) is 19.9 Å². The number of nitrogens with zero attached hydrogens (tertiary/aromatic N) is 6. The van der Waals surface area contributed by atoms with Gasteiger partial charge in [0.1, 0.15) is 0 Å². The van der Waals surface area contributed by atoms with E-state index in [0.29, 0.717) is 11.6 Å². The molecule has 0 atom stereocenters. The normalized spacial score (nSPS) is 12.4. The Morgan fingerprint density at radius 2 is 0.486 bits per heavy atom. The first-order chi connectivity index (χ1) is 36.7. The predicted octanol–water partition coefficient (Wildman–Crippen LogP) is 18.3. The summed E-state index contributed by atoms with van der Waals surface area (Å²) in [5.74, 6) is 1.25. The molecule has 0 radical (unpaired) electrons. The van der Waals surface area contributed by atoms with Crippen molar-refractivity contribution in [3.05, 3.63) is 255 Å². The van der Waals surface area contributed by atoms with Gasteiger partial charge in [-0.1, -0.05) is 193 Å². The number of anilines is 6. The van der Waals surface area contributed by atoms with E-state index in [-0.39, 0.29) is 0 Å². The van der Waals surface area contributed by atoms with E-state index in [1.165, 1.54) is 0 Å². The number of rotatable bonds is 8. The van der Waals surface area contributed by atoms with Crippen molar-refractivity contribution in [1.29, 1.82) is 0 Å². The fourth-order valence-electron chi connectivity index (χ4n) is 10.2. The Bertz CT molecular complexity index is 3620. The highest BCUT2D eigenvalue weighted by Crippen LogP contribution is 2.57. The van der Waals surface area contributed by atoms with Crippen LogP contribution in [0.1, 0.15) is 0 Å². The van der Waals surface area contributed by atoms with Crippen LogP contribution in [0.4, 0.5) is 34.1 Å². The van der Waals surface area contributed by atoms with Gasteiger partial charge in [-0.2, -0.15) is 0 Å². The second-order valence-corrected chi connectivity index (χ2v) is 20.4. The molecule has 0 N–H and O–H groups in total. The zero-order valence-corrected chi connectivity index (χ0v) is 41.4. The summed E-state index contributed by atoms with van der Waals surface area (Å²) in [6.07, 6.45) is 0. The molecule has 2 aromatic heterocycles. The van der Waals surface area contributed by atoms with Gasteiger partial charge in [0, 0.05) is 63.7 Å². The Labute approximate surface area is 437 Å². The standard InChI is InChI=1S/C66H42N6S2/c1-5-21-43(22-6-1)51-41-52(44-23-7-2-8-24-44)68-65(67-51)47-37-49-50(59(39-47)71-55-29-13-17-33-61(55)73-62-34-18-14-30-56(62)71)38-48(40-60(49)72-57-31-15-19-35-63(57)74-64-36-20-16-32-58(64)72)66-69-53(45-25-9-3-10-26-45)42-54(70-66)46-27-11-4-12-28-46/h1-42H. The number of aromatic nitrogens is 4. The maximum Gasteiger partial charge on any atom is 0.160 e. The molecular weight excluding hydrogens is 941 g/mol. The highest BCUT2D eigenvalue weighted by atomic mass is 32.2. The molecule has 2 aliphatic heterocycles. The number of hydrogen-bond donors (Lipinski definition) is 0. The van der Waals surface area contributed by atoms with E-state index < -0.39 is 0 Å². The van der Waals surface area contributed by atoms with Crippen LogP contribution in [0.2, 0.25) is 0 Å². The van der Waals surface area contributed by atoms with Crippen LogP contribution in [0.15, 0.2) is 274 Å². The molecule has 0 amide bonds. The molecule has 14 rings (SSSR count). The van der Waals surface area contributed by atoms with Gasteiger partial charge in [-0.15, -0.1) is 0 Å². The van der Waals surface area contributed by atoms with Crippen LogP contribution in [0.5, 0.6) is 0 Å². The SMILES string of the molecule is c1ccc(-c2cc(-c3ccccc3)nc(-c3cc(N4c5ccccc5Sc5ccccc54)c4cc(-c5nc(-c6ccccc6)cc(-c6ccccc6)n5)cc(N5c6ccccc6Sc6ccccc65)c4c3)n2)cc1. The van der Waals surface area contributed by atoms with Crippen LogP contribution in [0, 0.1) is 0 Å². The van der Waals surface area contributed by atoms with Crippen molar-refractivity contribution in [2.24, 2.45) is 0 Å². The lowest BCUT2D eigenvalue weighted by atomic mass is 9.96. The third-order valence-corrected chi connectivity index (χ3v) is 15.9. The lowest BCUT2D eigenvalue weighted by Gasteiger charge is -2.36. The average molecular weight is 983 g/mol. The molecule has 6 nitrogen and oxygen atoms in total. The van der Waals surface area contributed by atoms with Gasteiger partial charge in [-0.3, -0.25) is 0 Å². The molecule has 0 aliphatic carbocycles. The van der Waals surface area contributed by atoms with E-state index in [4.69, 9.17) is 19.9 Å². The lowest BCUT2D eigenvalue weighted by molar-refractivity contribution is 1.15. The summed E-state index contributed by atoms with van der Waals surface area (Å²) < 4.78 is 0. The summed E-state index contributed by atoms with van der Waals surface area (Å²) in [6, 6.07) is 89.9. The number of para-hydroxylation sites is 4. The predicted molar refractivity (Wildman–Crippen MR) is 305 cm³/mol. The molecule has 348 valence electrons. The minimum atomic E-state index is 0.623. The van der Waals surface area contributed by atoms with Gasteiger partial charge >= 0.3 is 0 Å². The lowest BCUT2D eigenvalue weighted by Crippen LogP contribution is -2.17. The van der Waals surface area contributed by atoms with E-state index in [1.807, 2.05) is 24.3 Å². The van der Waals surface area contributed by atoms with Crippen LogP contribution in [-0.4, -0.2) is 19.9 Å². The second kappa shape index (κ2) is 18.5. The molecule has 0 spiro atoms. The number of fused-ring (bicyclic) bond motifs is 5. The van der Waals surface area contributed by atoms with Crippen molar-refractivity contribution < 1.29 is 0 Å². The molecule has 2 aliphatic rings. The number of hydrogen-bond acceptors (Lipinski definition) is 8. The van der Waals surface area contributed by atoms with Crippen molar-refractivity contribution >= 4 is 68.4 Å². The molecule has 10 aromatic carbocycles. The smallest absolute Gasteiger partial charge is 0.160 e. The second-order valence-electron chi connectivity index (χ2n) is 18.2. The van der Waals surface area contributed by atoms with E-state index in [1.54, 1.807) is 23.5 Å². The highest BCUT2D eigenvalue weighted by molar-refractivity contribution is 8.00. The summed E-state index contributed by atoms with van der Waals surface area (Å²) in [6.45, 7) is 0. The Kier molecular flexibility index (Phi) is 10.9. The van der Waals surface area contributed by atoms with Crippen molar-refractivity contribution in [1.82, 2.24) is 19.9 Å². The van der Waals surface area contributed by atoms with E-state index in [0.717, 1.165) is 121 Å². The van der Waals surface area contributed by atoms with Crippen LogP contribution in [0.25, 0.3) is 78.6 Å². The van der Waals surface area contributed by atoms with Crippen LogP contribution in [0.3, 0.4) is 0 Å². The van der Waals surface area contributed by atoms with E-state index >= 15 is 0 Å². The van der Waals surface area contributed by atoms with Crippen LogP contribution < -0.4 is 9.80 Å². The zero-order chi connectivity index (χ0) is 49.0. The summed E-state index contributed by atoms with van der Waals surface area (Å²) >= 11 is 3.60. The van der Waals surface area contributed by atoms with E-state index in [2.05, 4.69) is 240 Å². The summed E-state index contributed by atoms with van der Waals surface area (Å²) in [5.41, 5.74) is 15.5.